The molecule has 2 aromatic carbocycles. The highest BCUT2D eigenvalue weighted by atomic mass is 35.5. The topological polar surface area (TPSA) is 38.4 Å². The van der Waals surface area contributed by atoms with Gasteiger partial charge in [0.1, 0.15) is 11.3 Å². The zero-order chi connectivity index (χ0) is 15.6. The SMILES string of the molecule is Clc1ccc2oc(-c3ccccc3)cc(=Nc3nccs3)c2c1. The molecule has 0 unspecified atom stereocenters. The average Bonchev–Trinajstić information content (AvgIpc) is 3.09. The van der Waals surface area contributed by atoms with E-state index in [1.807, 2.05) is 60.0 Å². The van der Waals surface area contributed by atoms with Crippen LogP contribution < -0.4 is 5.36 Å². The largest absolute Gasteiger partial charge is 0.456 e. The highest BCUT2D eigenvalue weighted by Gasteiger charge is 2.07. The Morgan fingerprint density at radius 1 is 1.04 bits per heavy atom. The molecule has 0 amide bonds. The van der Waals surface area contributed by atoms with Gasteiger partial charge in [0.2, 0.25) is 5.13 Å². The molecule has 2 aromatic heterocycles. The highest BCUT2D eigenvalue weighted by Crippen LogP contribution is 2.24. The van der Waals surface area contributed by atoms with E-state index in [4.69, 9.17) is 16.0 Å². The van der Waals surface area contributed by atoms with Crippen molar-refractivity contribution in [3.63, 3.8) is 0 Å². The van der Waals surface area contributed by atoms with Gasteiger partial charge in [-0.2, -0.15) is 0 Å². The zero-order valence-electron chi connectivity index (χ0n) is 11.9. The van der Waals surface area contributed by atoms with Crippen molar-refractivity contribution in [1.29, 1.82) is 0 Å². The molecule has 4 rings (SSSR count). The second kappa shape index (κ2) is 5.99. The van der Waals surface area contributed by atoms with Crippen molar-refractivity contribution in [1.82, 2.24) is 4.98 Å². The van der Waals surface area contributed by atoms with Gasteiger partial charge in [0, 0.05) is 33.6 Å². The Morgan fingerprint density at radius 2 is 1.91 bits per heavy atom. The molecule has 0 bridgehead atoms. The molecule has 5 heteroatoms. The lowest BCUT2D eigenvalue weighted by molar-refractivity contribution is 0.618. The minimum atomic E-state index is 0.649. The molecule has 23 heavy (non-hydrogen) atoms. The third-order valence-electron chi connectivity index (χ3n) is 3.40. The van der Waals surface area contributed by atoms with Crippen LogP contribution in [0.5, 0.6) is 0 Å². The van der Waals surface area contributed by atoms with Crippen molar-refractivity contribution in [3.05, 3.63) is 76.6 Å². The summed E-state index contributed by atoms with van der Waals surface area (Å²) in [6, 6.07) is 17.4. The maximum atomic E-state index is 6.13. The Labute approximate surface area is 141 Å². The van der Waals surface area contributed by atoms with Crippen molar-refractivity contribution in [2.24, 2.45) is 4.99 Å². The van der Waals surface area contributed by atoms with Gasteiger partial charge in [-0.15, -0.1) is 11.3 Å². The molecule has 0 radical (unpaired) electrons. The van der Waals surface area contributed by atoms with E-state index in [-0.39, 0.29) is 0 Å². The van der Waals surface area contributed by atoms with E-state index < -0.39 is 0 Å². The molecule has 0 fully saturated rings. The van der Waals surface area contributed by atoms with Crippen LogP contribution in [0.3, 0.4) is 0 Å². The summed E-state index contributed by atoms with van der Waals surface area (Å²) in [4.78, 5) is 8.88. The molecule has 0 saturated carbocycles. The fraction of sp³-hybridized carbons (Fsp3) is 0. The Hall–Kier alpha value is -2.43. The van der Waals surface area contributed by atoms with Gasteiger partial charge >= 0.3 is 0 Å². The molecular formula is C18H11ClN2OS. The predicted molar refractivity (Wildman–Crippen MR) is 94.0 cm³/mol. The lowest BCUT2D eigenvalue weighted by Crippen LogP contribution is -2.03. The summed E-state index contributed by atoms with van der Waals surface area (Å²) in [5, 5.41) is 4.92. The number of hydrogen-bond acceptors (Lipinski definition) is 4. The lowest BCUT2D eigenvalue weighted by atomic mass is 10.1. The van der Waals surface area contributed by atoms with E-state index >= 15 is 0 Å². The van der Waals surface area contributed by atoms with Crippen LogP contribution in [0.25, 0.3) is 22.3 Å². The Kier molecular flexibility index (Phi) is 3.69. The molecular weight excluding hydrogens is 328 g/mol. The number of thiazole rings is 1. The van der Waals surface area contributed by atoms with Crippen molar-refractivity contribution in [3.8, 4) is 11.3 Å². The van der Waals surface area contributed by atoms with Crippen LogP contribution >= 0.6 is 22.9 Å². The lowest BCUT2D eigenvalue weighted by Gasteiger charge is -2.05. The van der Waals surface area contributed by atoms with Gasteiger partial charge in [-0.1, -0.05) is 41.9 Å². The first-order valence-corrected chi connectivity index (χ1v) is 8.28. The number of benzene rings is 2. The van der Waals surface area contributed by atoms with Gasteiger partial charge in [-0.05, 0) is 18.2 Å². The first kappa shape index (κ1) is 14.2. The van der Waals surface area contributed by atoms with Crippen LogP contribution in [-0.4, -0.2) is 4.98 Å². The van der Waals surface area contributed by atoms with Crippen molar-refractivity contribution < 1.29 is 4.42 Å². The maximum absolute atomic E-state index is 6.13. The number of aromatic nitrogens is 1. The van der Waals surface area contributed by atoms with E-state index in [2.05, 4.69) is 9.98 Å². The fourth-order valence-corrected chi connectivity index (χ4v) is 3.04. The zero-order valence-corrected chi connectivity index (χ0v) is 13.5. The Morgan fingerprint density at radius 3 is 2.70 bits per heavy atom. The Balaban J connectivity index is 2.03. The van der Waals surface area contributed by atoms with E-state index in [0.29, 0.717) is 10.2 Å². The molecule has 0 aliphatic carbocycles. The first-order chi connectivity index (χ1) is 11.3. The summed E-state index contributed by atoms with van der Waals surface area (Å²) in [7, 11) is 0. The van der Waals surface area contributed by atoms with Gasteiger partial charge in [0.05, 0.1) is 5.36 Å². The summed E-state index contributed by atoms with van der Waals surface area (Å²) >= 11 is 7.62. The van der Waals surface area contributed by atoms with Crippen molar-refractivity contribution in [2.75, 3.05) is 0 Å². The highest BCUT2D eigenvalue weighted by molar-refractivity contribution is 7.13. The number of halogens is 1. The van der Waals surface area contributed by atoms with E-state index in [1.54, 1.807) is 6.20 Å². The Bertz CT molecular complexity index is 1020. The van der Waals surface area contributed by atoms with E-state index in [1.165, 1.54) is 11.3 Å². The van der Waals surface area contributed by atoms with Gasteiger partial charge in [-0.3, -0.25) is 0 Å². The number of rotatable bonds is 2. The second-order valence-corrected chi connectivity index (χ2v) is 6.24. The normalized spacial score (nSPS) is 12.0. The molecule has 112 valence electrons. The van der Waals surface area contributed by atoms with Crippen molar-refractivity contribution in [2.45, 2.75) is 0 Å². The quantitative estimate of drug-likeness (QED) is 0.488. The fourth-order valence-electron chi connectivity index (χ4n) is 2.35. The average molecular weight is 339 g/mol. The second-order valence-electron chi connectivity index (χ2n) is 4.93. The molecule has 2 heterocycles. The van der Waals surface area contributed by atoms with Gasteiger partial charge in [0.15, 0.2) is 0 Å². The molecule has 3 nitrogen and oxygen atoms in total. The minimum absolute atomic E-state index is 0.649. The summed E-state index contributed by atoms with van der Waals surface area (Å²) in [5.41, 5.74) is 1.74. The van der Waals surface area contributed by atoms with Crippen molar-refractivity contribution >= 4 is 39.0 Å². The number of nitrogens with zero attached hydrogens (tertiary/aromatic N) is 2. The van der Waals surface area contributed by atoms with E-state index in [9.17, 15) is 0 Å². The van der Waals surface area contributed by atoms with Gasteiger partial charge < -0.3 is 4.42 Å². The van der Waals surface area contributed by atoms with Crippen LogP contribution in [0.2, 0.25) is 5.02 Å². The summed E-state index contributed by atoms with van der Waals surface area (Å²) in [6.07, 6.45) is 1.74. The standard InChI is InChI=1S/C18H11ClN2OS/c19-13-6-7-16-14(10-13)15(21-18-20-8-9-23-18)11-17(22-16)12-4-2-1-3-5-12/h1-11H. The molecule has 0 N–H and O–H groups in total. The third kappa shape index (κ3) is 2.91. The van der Waals surface area contributed by atoms with Crippen LogP contribution in [0, 0.1) is 0 Å². The van der Waals surface area contributed by atoms with Gasteiger partial charge in [0.25, 0.3) is 0 Å². The third-order valence-corrected chi connectivity index (χ3v) is 4.30. The smallest absolute Gasteiger partial charge is 0.209 e. The first-order valence-electron chi connectivity index (χ1n) is 7.03. The summed E-state index contributed by atoms with van der Waals surface area (Å²) in [6.45, 7) is 0. The van der Waals surface area contributed by atoms with E-state index in [0.717, 1.165) is 27.7 Å². The van der Waals surface area contributed by atoms with Crippen LogP contribution in [0.4, 0.5) is 5.13 Å². The monoisotopic (exact) mass is 338 g/mol. The number of fused-ring (bicyclic) bond motifs is 1. The van der Waals surface area contributed by atoms with Crippen LogP contribution in [0.15, 0.2) is 75.6 Å². The summed E-state index contributed by atoms with van der Waals surface area (Å²) in [5.74, 6) is 0.760. The molecule has 0 atom stereocenters. The number of hydrogen-bond donors (Lipinski definition) is 0. The van der Waals surface area contributed by atoms with Crippen LogP contribution in [-0.2, 0) is 0 Å². The molecule has 0 saturated heterocycles. The molecule has 0 aliphatic rings. The maximum Gasteiger partial charge on any atom is 0.209 e. The molecule has 4 aromatic rings. The minimum Gasteiger partial charge on any atom is -0.456 e. The summed E-state index contributed by atoms with van der Waals surface area (Å²) < 4.78 is 6.03. The molecule has 0 aliphatic heterocycles. The van der Waals surface area contributed by atoms with Crippen LogP contribution in [0.1, 0.15) is 0 Å². The molecule has 0 spiro atoms. The predicted octanol–water partition coefficient (Wildman–Crippen LogP) is 5.44. The van der Waals surface area contributed by atoms with Gasteiger partial charge in [-0.25, -0.2) is 9.98 Å².